The number of hydrogen-bond acceptors (Lipinski definition) is 3. The number of Topliss-reactive ketones (excluding diaryl/α,β-unsaturated/α-hetero) is 1. The van der Waals surface area contributed by atoms with Gasteiger partial charge in [-0.25, -0.2) is 4.79 Å². The molecule has 0 saturated carbocycles. The summed E-state index contributed by atoms with van der Waals surface area (Å²) < 4.78 is 0. The van der Waals surface area contributed by atoms with E-state index in [1.807, 2.05) is 19.1 Å². The Balaban J connectivity index is 0. The van der Waals surface area contributed by atoms with Gasteiger partial charge in [0.15, 0.2) is 5.78 Å². The molecule has 0 saturated heterocycles. The molecule has 0 amide bonds. The number of rotatable bonds is 4. The largest absolute Gasteiger partial charge is 0.503 e. The van der Waals surface area contributed by atoms with Gasteiger partial charge in [-0.05, 0) is 52.5 Å². The normalized spacial score (nSPS) is 13.2. The molecule has 0 atom stereocenters. The highest BCUT2D eigenvalue weighted by molar-refractivity contribution is 5.96. The van der Waals surface area contributed by atoms with Crippen LogP contribution in [0, 0.1) is 0 Å². The predicted molar refractivity (Wildman–Crippen MR) is 88.2 cm³/mol. The van der Waals surface area contributed by atoms with Gasteiger partial charge in [0.25, 0.3) is 0 Å². The average molecular weight is 312 g/mol. The Morgan fingerprint density at radius 2 is 1.77 bits per heavy atom. The van der Waals surface area contributed by atoms with Crippen LogP contribution >= 0.6 is 0 Å². The van der Waals surface area contributed by atoms with E-state index in [1.165, 1.54) is 11.1 Å². The molecule has 0 spiro atoms. The van der Waals surface area contributed by atoms with Gasteiger partial charge in [-0.15, -0.1) is 0 Å². The monoisotopic (exact) mass is 312 g/mol. The van der Waals surface area contributed by atoms with E-state index < -0.39 is 6.16 Å². The van der Waals surface area contributed by atoms with Crippen molar-refractivity contribution in [3.8, 4) is 0 Å². The Labute approximate surface area is 132 Å². The first-order chi connectivity index (χ1) is 10.2. The van der Waals surface area contributed by atoms with Crippen LogP contribution in [0.2, 0.25) is 0 Å². The molecule has 3 N–H and O–H groups in total. The van der Waals surface area contributed by atoms with Crippen molar-refractivity contribution >= 4 is 11.9 Å². The number of carboxylic acid groups (broad SMARTS) is 2. The lowest BCUT2D eigenvalue weighted by molar-refractivity contribution is -0.114. The van der Waals surface area contributed by atoms with E-state index in [4.69, 9.17) is 20.1 Å². The molecule has 0 bridgehead atoms. The van der Waals surface area contributed by atoms with E-state index in [2.05, 4.69) is 26.8 Å². The summed E-state index contributed by atoms with van der Waals surface area (Å²) in [5, 5.41) is 22.5. The molecule has 126 valence electrons. The molecule has 0 unspecified atom stereocenters. The molecule has 0 aromatic heterocycles. The summed E-state index contributed by atoms with van der Waals surface area (Å²) in [6, 6.07) is 0. The van der Waals surface area contributed by atoms with Crippen molar-refractivity contribution in [2.45, 2.75) is 53.4 Å². The number of allylic oxidation sites excluding steroid dienone is 5. The standard InChI is InChI=1S/C10H18O.C6H8O.CH2O3/c1-9(2)5-4-6-10(3)7-8-11;1-5-3-2-4-6(5)7;2-1(3)4/h5,7,11H,4,6,8H2,1-3H3;3H,2,4H2,1H3;(H2,2,3,4)/b10-7+;;. The number of carbonyl (C=O) groups excluding carboxylic acids is 1. The number of hydrogen-bond donors (Lipinski definition) is 3. The van der Waals surface area contributed by atoms with Crippen molar-refractivity contribution in [1.82, 2.24) is 0 Å². The molecule has 1 aliphatic rings. The summed E-state index contributed by atoms with van der Waals surface area (Å²) in [6.45, 7) is 8.29. The Morgan fingerprint density at radius 3 is 2.05 bits per heavy atom. The van der Waals surface area contributed by atoms with Crippen molar-refractivity contribution < 1.29 is 24.9 Å². The van der Waals surface area contributed by atoms with Gasteiger partial charge >= 0.3 is 6.16 Å². The minimum absolute atomic E-state index is 0.167. The van der Waals surface area contributed by atoms with Crippen LogP contribution in [0.1, 0.15) is 53.4 Å². The third kappa shape index (κ3) is 18.1. The molecule has 0 heterocycles. The fourth-order valence-electron chi connectivity index (χ4n) is 1.58. The lowest BCUT2D eigenvalue weighted by atomic mass is 10.1. The highest BCUT2D eigenvalue weighted by Gasteiger charge is 2.08. The molecule has 22 heavy (non-hydrogen) atoms. The van der Waals surface area contributed by atoms with E-state index >= 15 is 0 Å². The minimum Gasteiger partial charge on any atom is -0.450 e. The molecule has 5 nitrogen and oxygen atoms in total. The van der Waals surface area contributed by atoms with Gasteiger partial charge in [0.2, 0.25) is 0 Å². The molecule has 0 aromatic carbocycles. The van der Waals surface area contributed by atoms with Crippen LogP contribution in [0.25, 0.3) is 0 Å². The topological polar surface area (TPSA) is 94.8 Å². The van der Waals surface area contributed by atoms with E-state index in [1.54, 1.807) is 0 Å². The molecule has 0 radical (unpaired) electrons. The SMILES string of the molecule is CC(C)=CCC/C(C)=C/CO.CC1=CCCC1=O.O=C(O)O. The highest BCUT2D eigenvalue weighted by Crippen LogP contribution is 2.11. The summed E-state index contributed by atoms with van der Waals surface area (Å²) in [4.78, 5) is 19.1. The lowest BCUT2D eigenvalue weighted by Crippen LogP contribution is -1.88. The smallest absolute Gasteiger partial charge is 0.450 e. The van der Waals surface area contributed by atoms with Crippen molar-refractivity contribution in [2.75, 3.05) is 6.61 Å². The second-order valence-corrected chi connectivity index (χ2v) is 5.18. The molecular weight excluding hydrogens is 284 g/mol. The lowest BCUT2D eigenvalue weighted by Gasteiger charge is -1.96. The van der Waals surface area contributed by atoms with E-state index in [-0.39, 0.29) is 6.61 Å². The van der Waals surface area contributed by atoms with Gasteiger partial charge in [-0.3, -0.25) is 4.79 Å². The van der Waals surface area contributed by atoms with Crippen LogP contribution in [-0.4, -0.2) is 33.9 Å². The number of aliphatic hydroxyl groups is 1. The first-order valence-corrected chi connectivity index (χ1v) is 7.22. The van der Waals surface area contributed by atoms with Crippen LogP contribution in [0.15, 0.2) is 34.9 Å². The maximum atomic E-state index is 10.5. The average Bonchev–Trinajstić information content (AvgIpc) is 2.73. The summed E-state index contributed by atoms with van der Waals surface area (Å²) in [7, 11) is 0. The van der Waals surface area contributed by atoms with Crippen LogP contribution < -0.4 is 0 Å². The number of carbonyl (C=O) groups is 2. The van der Waals surface area contributed by atoms with Gasteiger partial charge in [0.05, 0.1) is 6.61 Å². The summed E-state index contributed by atoms with van der Waals surface area (Å²) >= 11 is 0. The minimum atomic E-state index is -1.83. The molecule has 1 rings (SSSR count). The predicted octanol–water partition coefficient (Wildman–Crippen LogP) is 4.19. The van der Waals surface area contributed by atoms with Gasteiger partial charge in [-0.2, -0.15) is 0 Å². The highest BCUT2D eigenvalue weighted by atomic mass is 16.6. The fraction of sp³-hybridized carbons (Fsp3) is 0.529. The molecule has 5 heteroatoms. The van der Waals surface area contributed by atoms with Gasteiger partial charge in [0, 0.05) is 6.42 Å². The second-order valence-electron chi connectivity index (χ2n) is 5.18. The van der Waals surface area contributed by atoms with Crippen LogP contribution in [0.3, 0.4) is 0 Å². The van der Waals surface area contributed by atoms with Gasteiger partial charge in [-0.1, -0.05) is 29.4 Å². The van der Waals surface area contributed by atoms with Crippen molar-refractivity contribution in [3.05, 3.63) is 34.9 Å². The van der Waals surface area contributed by atoms with Crippen LogP contribution in [-0.2, 0) is 4.79 Å². The third-order valence-corrected chi connectivity index (χ3v) is 2.79. The Hall–Kier alpha value is -1.88. The number of aliphatic hydroxyl groups excluding tert-OH is 1. The van der Waals surface area contributed by atoms with Crippen molar-refractivity contribution in [2.24, 2.45) is 0 Å². The zero-order valence-corrected chi connectivity index (χ0v) is 13.9. The summed E-state index contributed by atoms with van der Waals surface area (Å²) in [5.41, 5.74) is 3.58. The quantitative estimate of drug-likeness (QED) is 0.677. The Morgan fingerprint density at radius 1 is 1.23 bits per heavy atom. The second kappa shape index (κ2) is 14.1. The Kier molecular flexibility index (Phi) is 14.3. The van der Waals surface area contributed by atoms with Gasteiger partial charge in [0.1, 0.15) is 0 Å². The Bertz CT molecular complexity index is 422. The summed E-state index contributed by atoms with van der Waals surface area (Å²) in [5.74, 6) is 0.319. The zero-order valence-electron chi connectivity index (χ0n) is 13.9. The molecule has 0 aliphatic heterocycles. The molecular formula is C17H28O5. The fourth-order valence-corrected chi connectivity index (χ4v) is 1.58. The zero-order chi connectivity index (χ0) is 17.5. The van der Waals surface area contributed by atoms with Crippen LogP contribution in [0.5, 0.6) is 0 Å². The summed E-state index contributed by atoms with van der Waals surface area (Å²) in [6.07, 6.45) is 8.09. The third-order valence-electron chi connectivity index (χ3n) is 2.79. The first kappa shape index (κ1) is 22.4. The van der Waals surface area contributed by atoms with Crippen LogP contribution in [0.4, 0.5) is 4.79 Å². The molecule has 1 aliphatic carbocycles. The maximum Gasteiger partial charge on any atom is 0.503 e. The van der Waals surface area contributed by atoms with E-state index in [9.17, 15) is 4.79 Å². The molecule has 0 fully saturated rings. The van der Waals surface area contributed by atoms with Gasteiger partial charge < -0.3 is 15.3 Å². The molecule has 0 aromatic rings. The number of ketones is 1. The van der Waals surface area contributed by atoms with Crippen molar-refractivity contribution in [1.29, 1.82) is 0 Å². The van der Waals surface area contributed by atoms with E-state index in [0.29, 0.717) is 5.78 Å². The maximum absolute atomic E-state index is 10.5. The first-order valence-electron chi connectivity index (χ1n) is 7.22. The van der Waals surface area contributed by atoms with E-state index in [0.717, 1.165) is 31.3 Å². The van der Waals surface area contributed by atoms with Crippen molar-refractivity contribution in [3.63, 3.8) is 0 Å².